The van der Waals surface area contributed by atoms with E-state index in [1.807, 2.05) is 18.2 Å². The minimum absolute atomic E-state index is 0.277. The van der Waals surface area contributed by atoms with E-state index in [0.29, 0.717) is 46.6 Å². The van der Waals surface area contributed by atoms with Crippen LogP contribution in [0.25, 0.3) is 10.9 Å². The van der Waals surface area contributed by atoms with Gasteiger partial charge in [0.05, 0.1) is 31.9 Å². The molecule has 7 nitrogen and oxygen atoms in total. The number of esters is 1. The van der Waals surface area contributed by atoms with Gasteiger partial charge in [-0.2, -0.15) is 0 Å². The minimum atomic E-state index is -0.442. The summed E-state index contributed by atoms with van der Waals surface area (Å²) in [6, 6.07) is 9.37. The molecule has 2 aromatic heterocycles. The van der Waals surface area contributed by atoms with Gasteiger partial charge in [0.2, 0.25) is 0 Å². The average Bonchev–Trinajstić information content (AvgIpc) is 2.73. The van der Waals surface area contributed by atoms with Crippen molar-refractivity contribution >= 4 is 22.6 Å². The number of carbonyl (C=O) groups excluding carboxylic acids is 1. The van der Waals surface area contributed by atoms with E-state index in [2.05, 4.69) is 15.3 Å². The number of fused-ring (bicyclic) bond motifs is 1. The number of ether oxygens (including phenoxy) is 3. The summed E-state index contributed by atoms with van der Waals surface area (Å²) in [5.41, 5.74) is 2.52. The van der Waals surface area contributed by atoms with Gasteiger partial charge in [-0.3, -0.25) is 9.97 Å². The Morgan fingerprint density at radius 1 is 1.07 bits per heavy atom. The third-order valence-electron chi connectivity index (χ3n) is 4.29. The van der Waals surface area contributed by atoms with E-state index in [4.69, 9.17) is 14.2 Å². The molecule has 0 aliphatic carbocycles. The fourth-order valence-corrected chi connectivity index (χ4v) is 3.00. The van der Waals surface area contributed by atoms with Crippen LogP contribution in [-0.2, 0) is 11.2 Å². The predicted molar refractivity (Wildman–Crippen MR) is 107 cm³/mol. The molecule has 146 valence electrons. The van der Waals surface area contributed by atoms with Gasteiger partial charge >= 0.3 is 5.97 Å². The quantitative estimate of drug-likeness (QED) is 0.598. The van der Waals surface area contributed by atoms with Crippen LogP contribution in [0.5, 0.6) is 11.5 Å². The summed E-state index contributed by atoms with van der Waals surface area (Å²) in [6.07, 6.45) is 3.96. The van der Waals surface area contributed by atoms with Crippen LogP contribution in [0.3, 0.4) is 0 Å². The van der Waals surface area contributed by atoms with Crippen LogP contribution >= 0.6 is 0 Å². The highest BCUT2D eigenvalue weighted by atomic mass is 16.5. The molecule has 0 saturated carbocycles. The third-order valence-corrected chi connectivity index (χ3v) is 4.29. The van der Waals surface area contributed by atoms with E-state index < -0.39 is 5.97 Å². The number of nitrogens with zero attached hydrogens (tertiary/aromatic N) is 2. The van der Waals surface area contributed by atoms with Crippen LogP contribution in [0.2, 0.25) is 0 Å². The average molecular weight is 381 g/mol. The van der Waals surface area contributed by atoms with E-state index in [0.717, 1.165) is 5.69 Å². The van der Waals surface area contributed by atoms with E-state index in [-0.39, 0.29) is 6.61 Å². The van der Waals surface area contributed by atoms with E-state index in [1.54, 1.807) is 39.5 Å². The van der Waals surface area contributed by atoms with Crippen LogP contribution in [0, 0.1) is 0 Å². The molecule has 1 aromatic carbocycles. The molecule has 0 amide bonds. The molecule has 0 unspecified atom stereocenters. The maximum absolute atomic E-state index is 12.5. The first-order valence-electron chi connectivity index (χ1n) is 9.04. The van der Waals surface area contributed by atoms with E-state index >= 15 is 0 Å². The van der Waals surface area contributed by atoms with Crippen molar-refractivity contribution in [3.05, 3.63) is 54.0 Å². The van der Waals surface area contributed by atoms with Gasteiger partial charge in [0.25, 0.3) is 0 Å². The number of pyridine rings is 2. The third kappa shape index (κ3) is 3.98. The molecule has 3 aromatic rings. The molecule has 0 radical (unpaired) electrons. The molecular formula is C21H23N3O4. The molecule has 2 heterocycles. The van der Waals surface area contributed by atoms with Gasteiger partial charge < -0.3 is 19.5 Å². The molecule has 0 saturated heterocycles. The van der Waals surface area contributed by atoms with Crippen molar-refractivity contribution in [2.75, 3.05) is 32.7 Å². The Labute approximate surface area is 163 Å². The molecular weight excluding hydrogens is 358 g/mol. The lowest BCUT2D eigenvalue weighted by atomic mass is 10.1. The number of carbonyl (C=O) groups is 1. The largest absolute Gasteiger partial charge is 0.496 e. The highest BCUT2D eigenvalue weighted by molar-refractivity contribution is 6.08. The second-order valence-corrected chi connectivity index (χ2v) is 5.96. The summed E-state index contributed by atoms with van der Waals surface area (Å²) in [5, 5.41) is 4.03. The van der Waals surface area contributed by atoms with Gasteiger partial charge in [0.15, 0.2) is 0 Å². The lowest BCUT2D eigenvalue weighted by molar-refractivity contribution is 0.0527. The summed E-state index contributed by atoms with van der Waals surface area (Å²) in [6.45, 7) is 2.62. The first-order valence-corrected chi connectivity index (χ1v) is 9.04. The fraction of sp³-hybridized carbons (Fsp3) is 0.286. The van der Waals surface area contributed by atoms with Crippen molar-refractivity contribution in [1.29, 1.82) is 0 Å². The van der Waals surface area contributed by atoms with Crippen molar-refractivity contribution in [2.45, 2.75) is 13.3 Å². The van der Waals surface area contributed by atoms with Crippen LogP contribution in [0.4, 0.5) is 5.69 Å². The first kappa shape index (κ1) is 19.4. The summed E-state index contributed by atoms with van der Waals surface area (Å²) in [7, 11) is 3.16. The Balaban J connectivity index is 2.06. The Kier molecular flexibility index (Phi) is 6.26. The number of rotatable bonds is 8. The SMILES string of the molecule is CCOC(=O)c1cnc2c(OC)ccc(OC)c2c1NCCc1ccccn1. The van der Waals surface area contributed by atoms with Crippen molar-refractivity contribution in [1.82, 2.24) is 9.97 Å². The minimum Gasteiger partial charge on any atom is -0.496 e. The second-order valence-electron chi connectivity index (χ2n) is 5.96. The van der Waals surface area contributed by atoms with Gasteiger partial charge in [-0.05, 0) is 31.2 Å². The standard InChI is InChI=1S/C21H23N3O4/c1-4-28-21(25)15-13-24-20-17(27-3)9-8-16(26-2)18(20)19(15)23-12-10-14-7-5-6-11-22-14/h5-9,11,13H,4,10,12H2,1-3H3,(H,23,24). The van der Waals surface area contributed by atoms with Crippen LogP contribution < -0.4 is 14.8 Å². The summed E-state index contributed by atoms with van der Waals surface area (Å²) < 4.78 is 16.2. The molecule has 0 spiro atoms. The zero-order chi connectivity index (χ0) is 19.9. The number of methoxy groups -OCH3 is 2. The van der Waals surface area contributed by atoms with Gasteiger partial charge in [-0.25, -0.2) is 4.79 Å². The number of benzene rings is 1. The second kappa shape index (κ2) is 9.03. The monoisotopic (exact) mass is 381 g/mol. The predicted octanol–water partition coefficient (Wildman–Crippen LogP) is 3.48. The van der Waals surface area contributed by atoms with Crippen LogP contribution in [0.1, 0.15) is 23.0 Å². The number of aromatic nitrogens is 2. The molecule has 0 atom stereocenters. The van der Waals surface area contributed by atoms with Crippen molar-refractivity contribution in [3.8, 4) is 11.5 Å². The number of hydrogen-bond donors (Lipinski definition) is 1. The fourth-order valence-electron chi connectivity index (χ4n) is 3.00. The summed E-state index contributed by atoms with van der Waals surface area (Å²) in [4.78, 5) is 21.3. The van der Waals surface area contributed by atoms with Crippen molar-refractivity contribution < 1.29 is 19.0 Å². The van der Waals surface area contributed by atoms with E-state index in [1.165, 1.54) is 6.20 Å². The number of nitrogens with one attached hydrogen (secondary N) is 1. The maximum atomic E-state index is 12.5. The Hall–Kier alpha value is -3.35. The zero-order valence-corrected chi connectivity index (χ0v) is 16.2. The van der Waals surface area contributed by atoms with Crippen molar-refractivity contribution in [3.63, 3.8) is 0 Å². The zero-order valence-electron chi connectivity index (χ0n) is 16.2. The summed E-state index contributed by atoms with van der Waals surface area (Å²) in [5.74, 6) is 0.746. The lowest BCUT2D eigenvalue weighted by Crippen LogP contribution is -2.14. The molecule has 3 rings (SSSR count). The molecule has 0 bridgehead atoms. The topological polar surface area (TPSA) is 82.6 Å². The van der Waals surface area contributed by atoms with Crippen molar-refractivity contribution in [2.24, 2.45) is 0 Å². The normalized spacial score (nSPS) is 10.5. The first-order chi connectivity index (χ1) is 13.7. The Morgan fingerprint density at radius 2 is 1.86 bits per heavy atom. The van der Waals surface area contributed by atoms with Crippen LogP contribution in [-0.4, -0.2) is 43.3 Å². The maximum Gasteiger partial charge on any atom is 0.341 e. The molecule has 0 aliphatic rings. The highest BCUT2D eigenvalue weighted by Gasteiger charge is 2.21. The van der Waals surface area contributed by atoms with Gasteiger partial charge in [0.1, 0.15) is 22.6 Å². The summed E-state index contributed by atoms with van der Waals surface area (Å²) >= 11 is 0. The molecule has 0 fully saturated rings. The van der Waals surface area contributed by atoms with E-state index in [9.17, 15) is 4.79 Å². The number of anilines is 1. The highest BCUT2D eigenvalue weighted by Crippen LogP contribution is 2.38. The Morgan fingerprint density at radius 3 is 2.54 bits per heavy atom. The Bertz CT molecular complexity index is 961. The number of hydrogen-bond acceptors (Lipinski definition) is 7. The van der Waals surface area contributed by atoms with Gasteiger partial charge in [0, 0.05) is 31.1 Å². The van der Waals surface area contributed by atoms with Gasteiger partial charge in [-0.1, -0.05) is 6.07 Å². The molecule has 7 heteroatoms. The molecule has 0 aliphatic heterocycles. The van der Waals surface area contributed by atoms with Gasteiger partial charge in [-0.15, -0.1) is 0 Å². The molecule has 28 heavy (non-hydrogen) atoms. The smallest absolute Gasteiger partial charge is 0.341 e. The molecule has 1 N–H and O–H groups in total. The lowest BCUT2D eigenvalue weighted by Gasteiger charge is -2.17. The van der Waals surface area contributed by atoms with Crippen LogP contribution in [0.15, 0.2) is 42.7 Å².